The number of carbonyl (C=O) groups excluding carboxylic acids is 2. The number of likely N-dealkylation sites (N-methyl/N-ethyl adjacent to an activating group) is 1. The van der Waals surface area contributed by atoms with Crippen LogP contribution in [0.4, 0.5) is 5.69 Å². The van der Waals surface area contributed by atoms with Crippen molar-refractivity contribution in [1.82, 2.24) is 4.98 Å². The van der Waals surface area contributed by atoms with Gasteiger partial charge in [0.05, 0.1) is 17.6 Å². The average molecular weight is 614 g/mol. The second-order valence-electron chi connectivity index (χ2n) is 9.39. The van der Waals surface area contributed by atoms with Crippen LogP contribution >= 0.6 is 39.1 Å². The zero-order valence-corrected chi connectivity index (χ0v) is 24.1. The summed E-state index contributed by atoms with van der Waals surface area (Å²) in [4.78, 5) is 33.8. The first kappa shape index (κ1) is 26.8. The molecule has 0 fully saturated rings. The molecule has 1 spiro atoms. The number of hydrogen-bond donors (Lipinski definition) is 1. The summed E-state index contributed by atoms with van der Waals surface area (Å²) in [5.74, 6) is -1.50. The molecule has 2 heterocycles. The zero-order chi connectivity index (χ0) is 27.0. The van der Waals surface area contributed by atoms with E-state index >= 15 is 0 Å². The number of ether oxygens (including phenoxy) is 1. The molecule has 0 saturated heterocycles. The van der Waals surface area contributed by atoms with Gasteiger partial charge in [0.1, 0.15) is 11.3 Å². The monoisotopic (exact) mass is 612 g/mol. The number of para-hydroxylation sites is 2. The van der Waals surface area contributed by atoms with Gasteiger partial charge in [-0.1, -0.05) is 60.7 Å². The molecule has 1 aromatic heterocycles. The van der Waals surface area contributed by atoms with Crippen LogP contribution < -0.4 is 4.90 Å². The Balaban J connectivity index is 0.000000937. The molecule has 3 aromatic carbocycles. The van der Waals surface area contributed by atoms with E-state index in [1.807, 2.05) is 67.6 Å². The largest absolute Gasteiger partial charge is 0.465 e. The lowest BCUT2D eigenvalue weighted by atomic mass is 9.54. The van der Waals surface area contributed by atoms with Gasteiger partial charge in [0, 0.05) is 34.0 Å². The number of carbonyl (C=O) groups is 2. The predicted octanol–water partition coefficient (Wildman–Crippen LogP) is 7.25. The first-order valence-corrected chi connectivity index (χ1v) is 14.3. The third-order valence-corrected chi connectivity index (χ3v) is 8.32. The Morgan fingerprint density at radius 3 is 2.47 bits per heavy atom. The number of halogens is 3. The minimum absolute atomic E-state index is 0.0813. The summed E-state index contributed by atoms with van der Waals surface area (Å²) in [5, 5.41) is 1.16. The summed E-state index contributed by atoms with van der Waals surface area (Å²) >= 11 is 13.2. The lowest BCUT2D eigenvalue weighted by Crippen LogP contribution is -2.53. The molecule has 3 atom stereocenters. The number of aromatic nitrogens is 1. The average Bonchev–Trinajstić information content (AvgIpc) is 3.39. The van der Waals surface area contributed by atoms with E-state index in [4.69, 9.17) is 27.9 Å². The van der Waals surface area contributed by atoms with Gasteiger partial charge in [-0.05, 0) is 58.1 Å². The van der Waals surface area contributed by atoms with E-state index in [0.717, 1.165) is 43.4 Å². The summed E-state index contributed by atoms with van der Waals surface area (Å²) in [7, 11) is 1.80. The third-order valence-electron chi connectivity index (χ3n) is 7.68. The summed E-state index contributed by atoms with van der Waals surface area (Å²) < 4.78 is 6.56. The fourth-order valence-corrected chi connectivity index (χ4v) is 7.03. The molecule has 0 bridgehead atoms. The Morgan fingerprint density at radius 1 is 1.08 bits per heavy atom. The topological polar surface area (TPSA) is 62.4 Å². The second-order valence-corrected chi connectivity index (χ2v) is 11.0. The minimum atomic E-state index is -1.14. The number of nitrogens with one attached hydrogen (secondary N) is 1. The summed E-state index contributed by atoms with van der Waals surface area (Å²) in [6.45, 7) is 2.06. The number of amides is 1. The Labute approximate surface area is 240 Å². The van der Waals surface area contributed by atoms with Crippen molar-refractivity contribution >= 4 is 67.6 Å². The highest BCUT2D eigenvalue weighted by molar-refractivity contribution is 9.10. The number of benzene rings is 3. The van der Waals surface area contributed by atoms with Crippen molar-refractivity contribution in [2.75, 3.05) is 23.9 Å². The maximum absolute atomic E-state index is 14.5. The lowest BCUT2D eigenvalue weighted by Gasteiger charge is -2.45. The molecule has 0 unspecified atom stereocenters. The molecule has 2 aliphatic rings. The normalized spacial score (nSPS) is 21.6. The molecule has 0 saturated carbocycles. The van der Waals surface area contributed by atoms with Crippen molar-refractivity contribution < 1.29 is 14.3 Å². The van der Waals surface area contributed by atoms with Crippen molar-refractivity contribution in [2.24, 2.45) is 0 Å². The molecule has 8 heteroatoms. The van der Waals surface area contributed by atoms with Crippen molar-refractivity contribution in [1.29, 1.82) is 0 Å². The van der Waals surface area contributed by atoms with Gasteiger partial charge in [0.25, 0.3) is 0 Å². The summed E-state index contributed by atoms with van der Waals surface area (Å²) in [6, 6.07) is 24.0. The van der Waals surface area contributed by atoms with E-state index in [0.29, 0.717) is 6.42 Å². The van der Waals surface area contributed by atoms with Gasteiger partial charge in [-0.3, -0.25) is 9.59 Å². The molecule has 5 nitrogen and oxygen atoms in total. The molecule has 4 aromatic rings. The first-order valence-electron chi connectivity index (χ1n) is 12.4. The fourth-order valence-electron chi connectivity index (χ4n) is 6.40. The lowest BCUT2D eigenvalue weighted by molar-refractivity contribution is -0.150. The van der Waals surface area contributed by atoms with Gasteiger partial charge in [0.2, 0.25) is 5.91 Å². The molecule has 6 rings (SSSR count). The molecule has 38 heavy (non-hydrogen) atoms. The van der Waals surface area contributed by atoms with Crippen LogP contribution in [0, 0.1) is 0 Å². The van der Waals surface area contributed by atoms with E-state index in [1.165, 1.54) is 0 Å². The van der Waals surface area contributed by atoms with Crippen LogP contribution in [0.25, 0.3) is 10.9 Å². The molecule has 196 valence electrons. The Morgan fingerprint density at radius 2 is 1.76 bits per heavy atom. The van der Waals surface area contributed by atoms with Crippen molar-refractivity contribution in [3.05, 3.63) is 99.7 Å². The van der Waals surface area contributed by atoms with Gasteiger partial charge in [-0.2, -0.15) is 0 Å². The zero-order valence-electron chi connectivity index (χ0n) is 21.0. The molecule has 1 amide bonds. The van der Waals surface area contributed by atoms with Crippen LogP contribution in [0.3, 0.4) is 0 Å². The number of fused-ring (bicyclic) bond motifs is 5. The minimum Gasteiger partial charge on any atom is -0.465 e. The van der Waals surface area contributed by atoms with Crippen LogP contribution in [0.2, 0.25) is 0 Å². The van der Waals surface area contributed by atoms with Crippen molar-refractivity contribution in [3.63, 3.8) is 0 Å². The van der Waals surface area contributed by atoms with E-state index in [1.54, 1.807) is 11.9 Å². The van der Waals surface area contributed by atoms with Gasteiger partial charge >= 0.3 is 5.97 Å². The van der Waals surface area contributed by atoms with Gasteiger partial charge in [-0.15, -0.1) is 23.2 Å². The van der Waals surface area contributed by atoms with E-state index in [2.05, 4.69) is 33.0 Å². The number of alkyl halides is 2. The first-order chi connectivity index (χ1) is 18.4. The number of esters is 1. The van der Waals surface area contributed by atoms with Crippen LogP contribution in [0.1, 0.15) is 41.1 Å². The van der Waals surface area contributed by atoms with Crippen LogP contribution in [0.5, 0.6) is 0 Å². The maximum Gasteiger partial charge on any atom is 0.314 e. The third kappa shape index (κ3) is 3.96. The summed E-state index contributed by atoms with van der Waals surface area (Å²) in [6.07, 6.45) is 0.607. The quantitative estimate of drug-likeness (QED) is 0.195. The number of hydrogen-bond acceptors (Lipinski definition) is 3. The van der Waals surface area contributed by atoms with Crippen molar-refractivity contribution in [3.8, 4) is 0 Å². The van der Waals surface area contributed by atoms with Crippen LogP contribution in [0.15, 0.2) is 77.3 Å². The molecule has 0 radical (unpaired) electrons. The number of nitrogens with zero attached hydrogens (tertiary/aromatic N) is 1. The SMILES string of the molecule is CCOC(=O)[C@@H]1c2c([nH]c3ccccc23)C[C@@H](c2ccccc2)[C@@]12C(=O)N(C)c1c(Br)cccc12.ClCCl. The molecular formula is C30H27BrCl2N2O3. The van der Waals surface area contributed by atoms with E-state index in [9.17, 15) is 9.59 Å². The smallest absolute Gasteiger partial charge is 0.314 e. The van der Waals surface area contributed by atoms with Crippen molar-refractivity contribution in [2.45, 2.75) is 30.6 Å². The Hall–Kier alpha value is -2.80. The molecular weight excluding hydrogens is 587 g/mol. The number of anilines is 1. The number of H-pyrrole nitrogens is 1. The van der Waals surface area contributed by atoms with E-state index < -0.39 is 11.3 Å². The molecule has 1 aliphatic carbocycles. The fraction of sp³-hybridized carbons (Fsp3) is 0.267. The maximum atomic E-state index is 14.5. The van der Waals surface area contributed by atoms with Crippen LogP contribution in [-0.4, -0.2) is 35.9 Å². The predicted molar refractivity (Wildman–Crippen MR) is 156 cm³/mol. The van der Waals surface area contributed by atoms with Crippen LogP contribution in [-0.2, 0) is 26.2 Å². The standard InChI is InChI=1S/C29H25BrN2O3.CH2Cl2/c1-3-35-27(33)25-24-18-12-7-8-15-22(18)31-23(24)16-20(17-10-5-4-6-11-17)29(25)19-13-9-14-21(30)26(19)32(2)28(29)34;2-1-3/h4-15,20,25,31H,3,16H2,1-2H3;1H2/t20-,25-,29+;/m0./s1. The van der Waals surface area contributed by atoms with E-state index in [-0.39, 0.29) is 29.7 Å². The Kier molecular flexibility index (Phi) is 7.58. The number of aromatic amines is 1. The second kappa shape index (κ2) is 10.8. The highest BCUT2D eigenvalue weighted by Crippen LogP contribution is 2.62. The van der Waals surface area contributed by atoms with Gasteiger partial charge in [-0.25, -0.2) is 0 Å². The number of rotatable bonds is 3. The van der Waals surface area contributed by atoms with Gasteiger partial charge in [0.15, 0.2) is 0 Å². The molecule has 1 aliphatic heterocycles. The molecule has 1 N–H and O–H groups in total. The van der Waals surface area contributed by atoms with Gasteiger partial charge < -0.3 is 14.6 Å². The highest BCUT2D eigenvalue weighted by Gasteiger charge is 2.65. The summed E-state index contributed by atoms with van der Waals surface area (Å²) in [5.41, 5.74) is 4.39. The highest BCUT2D eigenvalue weighted by atomic mass is 79.9. The Bertz CT molecular complexity index is 1510.